The van der Waals surface area contributed by atoms with Gasteiger partial charge in [0.1, 0.15) is 11.6 Å². The highest BCUT2D eigenvalue weighted by Gasteiger charge is 2.25. The van der Waals surface area contributed by atoms with Crippen LogP contribution in [0.1, 0.15) is 40.5 Å². The van der Waals surface area contributed by atoms with Gasteiger partial charge in [0.2, 0.25) is 5.91 Å². The van der Waals surface area contributed by atoms with E-state index in [0.29, 0.717) is 11.7 Å². The van der Waals surface area contributed by atoms with E-state index in [2.05, 4.69) is 28.6 Å². The predicted octanol–water partition coefficient (Wildman–Crippen LogP) is 3.40. The van der Waals surface area contributed by atoms with Crippen LogP contribution < -0.4 is 16.0 Å². The van der Waals surface area contributed by atoms with Crippen LogP contribution in [-0.2, 0) is 9.53 Å². The molecule has 1 aliphatic rings. The molecule has 0 bridgehead atoms. The minimum atomic E-state index is -0.725. The molecule has 1 aromatic carbocycles. The van der Waals surface area contributed by atoms with Gasteiger partial charge in [-0.3, -0.25) is 4.79 Å². The number of amides is 2. The second-order valence-corrected chi connectivity index (χ2v) is 7.46. The summed E-state index contributed by atoms with van der Waals surface area (Å²) in [5.41, 5.74) is 0.848. The summed E-state index contributed by atoms with van der Waals surface area (Å²) in [6, 6.07) is 5.21. The van der Waals surface area contributed by atoms with E-state index >= 15 is 0 Å². The van der Waals surface area contributed by atoms with Crippen LogP contribution in [0.5, 0.6) is 0 Å². The number of anilines is 2. The van der Waals surface area contributed by atoms with Gasteiger partial charge in [-0.1, -0.05) is 6.07 Å². The standard InChI is InChI=1S/C17H25N3O3S/c1-10(18-16(22)23-17(2,3)4)15(21)20-12-6-5-7-13(24)14(12)19-11-8-9-11/h5-7,10-11,19,24H,8-9H2,1-4H3,(H,18,22)(H,20,21)/t10-/m0/s1. The maximum absolute atomic E-state index is 12.3. The van der Waals surface area contributed by atoms with E-state index in [1.165, 1.54) is 0 Å². The fourth-order valence-electron chi connectivity index (χ4n) is 2.02. The summed E-state index contributed by atoms with van der Waals surface area (Å²) < 4.78 is 5.16. The number of rotatable bonds is 5. The van der Waals surface area contributed by atoms with E-state index in [0.717, 1.165) is 23.4 Å². The summed E-state index contributed by atoms with van der Waals surface area (Å²) in [7, 11) is 0. The lowest BCUT2D eigenvalue weighted by atomic mass is 10.2. The molecule has 0 spiro atoms. The first-order chi connectivity index (χ1) is 11.2. The van der Waals surface area contributed by atoms with E-state index in [1.807, 2.05) is 18.2 Å². The van der Waals surface area contributed by atoms with Crippen molar-refractivity contribution < 1.29 is 14.3 Å². The molecule has 1 aliphatic carbocycles. The van der Waals surface area contributed by atoms with Crippen LogP contribution in [-0.4, -0.2) is 29.7 Å². The van der Waals surface area contributed by atoms with Gasteiger partial charge in [-0.15, -0.1) is 12.6 Å². The molecule has 0 saturated heterocycles. The van der Waals surface area contributed by atoms with Crippen molar-refractivity contribution in [2.45, 2.75) is 63.1 Å². The van der Waals surface area contributed by atoms with Gasteiger partial charge in [0.05, 0.1) is 11.4 Å². The molecule has 0 heterocycles. The normalized spacial score (nSPS) is 15.4. The summed E-state index contributed by atoms with van der Waals surface area (Å²) in [5.74, 6) is -0.321. The number of nitrogens with one attached hydrogen (secondary N) is 3. The molecule has 2 rings (SSSR count). The summed E-state index contributed by atoms with van der Waals surface area (Å²) in [4.78, 5) is 24.9. The van der Waals surface area contributed by atoms with Gasteiger partial charge in [0.15, 0.2) is 0 Å². The van der Waals surface area contributed by atoms with E-state index < -0.39 is 17.7 Å². The number of thiol groups is 1. The molecule has 132 valence electrons. The summed E-state index contributed by atoms with van der Waals surface area (Å²) >= 11 is 4.44. The number of para-hydroxylation sites is 1. The van der Waals surface area contributed by atoms with Crippen LogP contribution in [0.3, 0.4) is 0 Å². The zero-order valence-electron chi connectivity index (χ0n) is 14.5. The van der Waals surface area contributed by atoms with Crippen LogP contribution in [0, 0.1) is 0 Å². The number of carbonyl (C=O) groups is 2. The highest BCUT2D eigenvalue weighted by molar-refractivity contribution is 7.80. The number of carbonyl (C=O) groups excluding carboxylic acids is 2. The Kier molecular flexibility index (Phi) is 5.64. The summed E-state index contributed by atoms with van der Waals surface area (Å²) in [6.45, 7) is 6.92. The Morgan fingerprint density at radius 1 is 1.29 bits per heavy atom. The molecule has 0 aliphatic heterocycles. The lowest BCUT2D eigenvalue weighted by Gasteiger charge is -2.22. The van der Waals surface area contributed by atoms with Crippen LogP contribution in [0.4, 0.5) is 16.2 Å². The van der Waals surface area contributed by atoms with Gasteiger partial charge >= 0.3 is 6.09 Å². The Labute approximate surface area is 148 Å². The second kappa shape index (κ2) is 7.34. The van der Waals surface area contributed by atoms with Gasteiger partial charge in [-0.05, 0) is 52.7 Å². The van der Waals surface area contributed by atoms with Crippen LogP contribution in [0.15, 0.2) is 23.1 Å². The van der Waals surface area contributed by atoms with E-state index in [9.17, 15) is 9.59 Å². The van der Waals surface area contributed by atoms with Gasteiger partial charge in [0.25, 0.3) is 0 Å². The zero-order valence-corrected chi connectivity index (χ0v) is 15.4. The quantitative estimate of drug-likeness (QED) is 0.613. The molecule has 24 heavy (non-hydrogen) atoms. The van der Waals surface area contributed by atoms with Crippen molar-refractivity contribution in [1.29, 1.82) is 0 Å². The minimum absolute atomic E-state index is 0.321. The molecule has 7 heteroatoms. The van der Waals surface area contributed by atoms with Crippen molar-refractivity contribution in [3.63, 3.8) is 0 Å². The maximum Gasteiger partial charge on any atom is 0.408 e. The lowest BCUT2D eigenvalue weighted by Crippen LogP contribution is -2.44. The maximum atomic E-state index is 12.3. The Morgan fingerprint density at radius 2 is 1.96 bits per heavy atom. The number of hydrogen-bond donors (Lipinski definition) is 4. The van der Waals surface area contributed by atoms with Gasteiger partial charge < -0.3 is 20.7 Å². The number of benzene rings is 1. The number of ether oxygens (including phenoxy) is 1. The Bertz CT molecular complexity index is 624. The smallest absolute Gasteiger partial charge is 0.408 e. The van der Waals surface area contributed by atoms with E-state index in [4.69, 9.17) is 4.74 Å². The number of hydrogen-bond acceptors (Lipinski definition) is 5. The SMILES string of the molecule is C[C@H](NC(=O)OC(C)(C)C)C(=O)Nc1cccc(S)c1NC1CC1. The Balaban J connectivity index is 1.98. The van der Waals surface area contributed by atoms with Gasteiger partial charge in [-0.25, -0.2) is 4.79 Å². The minimum Gasteiger partial charge on any atom is -0.444 e. The van der Waals surface area contributed by atoms with Crippen LogP contribution >= 0.6 is 12.6 Å². The summed E-state index contributed by atoms with van der Waals surface area (Å²) in [6.07, 6.45) is 1.61. The molecule has 0 aromatic heterocycles. The Hall–Kier alpha value is -1.89. The third kappa shape index (κ3) is 5.63. The topological polar surface area (TPSA) is 79.5 Å². The summed E-state index contributed by atoms with van der Waals surface area (Å²) in [5, 5.41) is 8.73. The predicted molar refractivity (Wildman–Crippen MR) is 97.8 cm³/mol. The molecule has 2 amide bonds. The van der Waals surface area contributed by atoms with E-state index in [1.54, 1.807) is 27.7 Å². The van der Waals surface area contributed by atoms with Crippen molar-refractivity contribution in [1.82, 2.24) is 5.32 Å². The van der Waals surface area contributed by atoms with Crippen LogP contribution in [0.25, 0.3) is 0 Å². The fraction of sp³-hybridized carbons (Fsp3) is 0.529. The molecule has 0 radical (unpaired) electrons. The molecular formula is C17H25N3O3S. The molecule has 0 unspecified atom stereocenters. The monoisotopic (exact) mass is 351 g/mol. The van der Waals surface area contributed by atoms with Gasteiger partial charge in [0, 0.05) is 10.9 Å². The van der Waals surface area contributed by atoms with Crippen molar-refractivity contribution in [3.05, 3.63) is 18.2 Å². The lowest BCUT2D eigenvalue weighted by molar-refractivity contribution is -0.117. The molecule has 3 N–H and O–H groups in total. The molecule has 1 fully saturated rings. The van der Waals surface area contributed by atoms with Gasteiger partial charge in [-0.2, -0.15) is 0 Å². The average Bonchev–Trinajstić information content (AvgIpc) is 3.24. The molecule has 1 saturated carbocycles. The number of alkyl carbamates (subject to hydrolysis) is 1. The first-order valence-corrected chi connectivity index (χ1v) is 8.49. The Morgan fingerprint density at radius 3 is 2.54 bits per heavy atom. The van der Waals surface area contributed by atoms with E-state index in [-0.39, 0.29) is 5.91 Å². The van der Waals surface area contributed by atoms with Crippen molar-refractivity contribution in [2.24, 2.45) is 0 Å². The first-order valence-electron chi connectivity index (χ1n) is 8.04. The van der Waals surface area contributed by atoms with Crippen molar-refractivity contribution in [3.8, 4) is 0 Å². The fourth-order valence-corrected chi connectivity index (χ4v) is 2.29. The first kappa shape index (κ1) is 18.4. The molecular weight excluding hydrogens is 326 g/mol. The third-order valence-electron chi connectivity index (χ3n) is 3.35. The largest absolute Gasteiger partial charge is 0.444 e. The highest BCUT2D eigenvalue weighted by atomic mass is 32.1. The highest BCUT2D eigenvalue weighted by Crippen LogP contribution is 2.34. The molecule has 1 atom stereocenters. The third-order valence-corrected chi connectivity index (χ3v) is 3.73. The average molecular weight is 351 g/mol. The van der Waals surface area contributed by atoms with Crippen molar-refractivity contribution in [2.75, 3.05) is 10.6 Å². The second-order valence-electron chi connectivity index (χ2n) is 6.98. The molecule has 1 aromatic rings. The van der Waals surface area contributed by atoms with Crippen molar-refractivity contribution >= 4 is 36.0 Å². The molecule has 6 nitrogen and oxygen atoms in total. The zero-order chi connectivity index (χ0) is 17.9. The van der Waals surface area contributed by atoms with Crippen LogP contribution in [0.2, 0.25) is 0 Å².